The van der Waals surface area contributed by atoms with Crippen LogP contribution in [-0.2, 0) is 4.79 Å². The van der Waals surface area contributed by atoms with E-state index in [1.165, 1.54) is 32.1 Å². The van der Waals surface area contributed by atoms with Crippen LogP contribution in [0.2, 0.25) is 0 Å². The van der Waals surface area contributed by atoms with Gasteiger partial charge in [-0.25, -0.2) is 0 Å². The lowest BCUT2D eigenvalue weighted by Crippen LogP contribution is -2.42. The molecule has 0 saturated heterocycles. The van der Waals surface area contributed by atoms with Crippen LogP contribution in [0.15, 0.2) is 0 Å². The number of rotatable bonds is 1. The third-order valence-corrected chi connectivity index (χ3v) is 5.17. The van der Waals surface area contributed by atoms with Gasteiger partial charge in [-0.3, -0.25) is 4.79 Å². The summed E-state index contributed by atoms with van der Waals surface area (Å²) in [5, 5.41) is 0. The van der Waals surface area contributed by atoms with Crippen molar-refractivity contribution in [3.05, 3.63) is 0 Å². The second kappa shape index (κ2) is 3.92. The average molecular weight is 208 g/mol. The van der Waals surface area contributed by atoms with Gasteiger partial charge in [-0.05, 0) is 49.9 Å². The van der Waals surface area contributed by atoms with Gasteiger partial charge in [0, 0.05) is 5.92 Å². The lowest BCUT2D eigenvalue weighted by molar-refractivity contribution is -0.124. The van der Waals surface area contributed by atoms with E-state index >= 15 is 0 Å². The van der Waals surface area contributed by atoms with E-state index in [1.54, 1.807) is 6.92 Å². The van der Waals surface area contributed by atoms with Crippen molar-refractivity contribution in [1.82, 2.24) is 0 Å². The van der Waals surface area contributed by atoms with Gasteiger partial charge in [0.25, 0.3) is 0 Å². The first-order valence-electron chi connectivity index (χ1n) is 6.53. The fraction of sp³-hybridized carbons (Fsp3) is 0.929. The summed E-state index contributed by atoms with van der Waals surface area (Å²) in [7, 11) is 0. The van der Waals surface area contributed by atoms with Gasteiger partial charge in [0.15, 0.2) is 0 Å². The summed E-state index contributed by atoms with van der Waals surface area (Å²) in [6, 6.07) is 0. The smallest absolute Gasteiger partial charge is 0.132 e. The third-order valence-electron chi connectivity index (χ3n) is 5.17. The zero-order chi connectivity index (χ0) is 11.1. The van der Waals surface area contributed by atoms with E-state index in [0.717, 1.165) is 18.3 Å². The third kappa shape index (κ3) is 1.98. The second-order valence-electron chi connectivity index (χ2n) is 6.21. The Bertz CT molecular complexity index is 258. The van der Waals surface area contributed by atoms with Crippen LogP contribution in [0, 0.1) is 23.2 Å². The van der Waals surface area contributed by atoms with Gasteiger partial charge in [-0.2, -0.15) is 0 Å². The van der Waals surface area contributed by atoms with Gasteiger partial charge in [0.2, 0.25) is 0 Å². The highest BCUT2D eigenvalue weighted by atomic mass is 16.1. The average Bonchev–Trinajstić information content (AvgIpc) is 2.17. The molecular weight excluding hydrogens is 184 g/mol. The molecule has 0 bridgehead atoms. The maximum absolute atomic E-state index is 11.5. The highest BCUT2D eigenvalue weighted by Crippen LogP contribution is 2.53. The van der Waals surface area contributed by atoms with Crippen LogP contribution in [0.1, 0.15) is 59.3 Å². The normalized spacial score (nSPS) is 45.9. The molecule has 0 radical (unpaired) electrons. The first-order valence-corrected chi connectivity index (χ1v) is 6.53. The molecule has 15 heavy (non-hydrogen) atoms. The van der Waals surface area contributed by atoms with E-state index in [2.05, 4.69) is 13.8 Å². The number of ketones is 1. The Hall–Kier alpha value is -0.330. The van der Waals surface area contributed by atoms with Gasteiger partial charge in [0.05, 0.1) is 0 Å². The summed E-state index contributed by atoms with van der Waals surface area (Å²) >= 11 is 0. The Labute approximate surface area is 93.6 Å². The summed E-state index contributed by atoms with van der Waals surface area (Å²) in [5.41, 5.74) is 0.559. The molecule has 1 unspecified atom stereocenters. The lowest BCUT2D eigenvalue weighted by Gasteiger charge is -2.50. The first kappa shape index (κ1) is 11.2. The monoisotopic (exact) mass is 208 g/mol. The molecule has 2 rings (SSSR count). The fourth-order valence-corrected chi connectivity index (χ4v) is 4.03. The molecule has 2 saturated carbocycles. The predicted molar refractivity (Wildman–Crippen MR) is 62.6 cm³/mol. The van der Waals surface area contributed by atoms with Crippen molar-refractivity contribution >= 4 is 5.78 Å². The Kier molecular flexibility index (Phi) is 2.92. The van der Waals surface area contributed by atoms with Crippen LogP contribution < -0.4 is 0 Å². The number of hydrogen-bond acceptors (Lipinski definition) is 1. The molecule has 0 spiro atoms. The van der Waals surface area contributed by atoms with E-state index in [9.17, 15) is 4.79 Å². The van der Waals surface area contributed by atoms with Gasteiger partial charge in [0.1, 0.15) is 5.78 Å². The second-order valence-corrected chi connectivity index (χ2v) is 6.21. The van der Waals surface area contributed by atoms with Crippen LogP contribution in [-0.4, -0.2) is 5.78 Å². The largest absolute Gasteiger partial charge is 0.300 e. The molecule has 2 aliphatic rings. The molecule has 4 atom stereocenters. The van der Waals surface area contributed by atoms with E-state index in [1.807, 2.05) is 0 Å². The van der Waals surface area contributed by atoms with Crippen molar-refractivity contribution in [3.8, 4) is 0 Å². The summed E-state index contributed by atoms with van der Waals surface area (Å²) in [6.07, 6.45) is 7.78. The molecular formula is C14H24O. The van der Waals surface area contributed by atoms with E-state index < -0.39 is 0 Å². The molecule has 0 aliphatic heterocycles. The molecule has 1 heteroatoms. The Morgan fingerprint density at radius 1 is 1.27 bits per heavy atom. The Morgan fingerprint density at radius 2 is 2.00 bits per heavy atom. The van der Waals surface area contributed by atoms with Crippen LogP contribution in [0.5, 0.6) is 0 Å². The Balaban J connectivity index is 2.12. The first-order chi connectivity index (χ1) is 7.03. The van der Waals surface area contributed by atoms with E-state index in [-0.39, 0.29) is 0 Å². The van der Waals surface area contributed by atoms with Crippen molar-refractivity contribution in [3.63, 3.8) is 0 Å². The quantitative estimate of drug-likeness (QED) is 0.640. The SMILES string of the molecule is CC(=O)C1CC[C@@]2(C)CCC[C@@H](C)[C@@H]2C1. The molecule has 0 amide bonds. The van der Waals surface area contributed by atoms with Crippen molar-refractivity contribution in [1.29, 1.82) is 0 Å². The zero-order valence-electron chi connectivity index (χ0n) is 10.4. The minimum absolute atomic E-state index is 0.378. The number of carbonyl (C=O) groups is 1. The molecule has 0 heterocycles. The predicted octanol–water partition coefficient (Wildman–Crippen LogP) is 3.82. The standard InChI is InChI=1S/C14H24O/c1-10-5-4-7-14(3)8-6-12(11(2)15)9-13(10)14/h10,12-13H,4-9H2,1-3H3/t10-,12?,13+,14-/m1/s1. The van der Waals surface area contributed by atoms with Crippen LogP contribution in [0.3, 0.4) is 0 Å². The maximum atomic E-state index is 11.5. The van der Waals surface area contributed by atoms with Gasteiger partial charge >= 0.3 is 0 Å². The summed E-state index contributed by atoms with van der Waals surface area (Å²) in [4.78, 5) is 11.5. The highest BCUT2D eigenvalue weighted by molar-refractivity contribution is 5.78. The molecule has 1 nitrogen and oxygen atoms in total. The van der Waals surface area contributed by atoms with Crippen molar-refractivity contribution in [2.75, 3.05) is 0 Å². The molecule has 0 aromatic carbocycles. The van der Waals surface area contributed by atoms with Gasteiger partial charge in [-0.15, -0.1) is 0 Å². The summed E-state index contributed by atoms with van der Waals surface area (Å²) < 4.78 is 0. The number of fused-ring (bicyclic) bond motifs is 1. The van der Waals surface area contributed by atoms with Gasteiger partial charge < -0.3 is 0 Å². The van der Waals surface area contributed by atoms with Crippen molar-refractivity contribution < 1.29 is 4.79 Å². The van der Waals surface area contributed by atoms with E-state index in [0.29, 0.717) is 17.1 Å². The Morgan fingerprint density at radius 3 is 2.67 bits per heavy atom. The lowest BCUT2D eigenvalue weighted by atomic mass is 9.55. The summed E-state index contributed by atoms with van der Waals surface area (Å²) in [5.74, 6) is 2.46. The molecule has 0 aromatic rings. The zero-order valence-corrected chi connectivity index (χ0v) is 10.4. The van der Waals surface area contributed by atoms with Gasteiger partial charge in [-0.1, -0.05) is 26.7 Å². The number of carbonyl (C=O) groups excluding carboxylic acids is 1. The fourth-order valence-electron chi connectivity index (χ4n) is 4.03. The van der Waals surface area contributed by atoms with E-state index in [4.69, 9.17) is 0 Å². The molecule has 2 aliphatic carbocycles. The van der Waals surface area contributed by atoms with Crippen LogP contribution >= 0.6 is 0 Å². The number of Topliss-reactive ketones (excluding diaryl/α,β-unsaturated/α-hetero) is 1. The topological polar surface area (TPSA) is 17.1 Å². The minimum Gasteiger partial charge on any atom is -0.300 e. The number of hydrogen-bond donors (Lipinski definition) is 0. The summed E-state index contributed by atoms with van der Waals surface area (Å²) in [6.45, 7) is 6.63. The van der Waals surface area contributed by atoms with Crippen LogP contribution in [0.25, 0.3) is 0 Å². The molecule has 0 aromatic heterocycles. The molecule has 86 valence electrons. The van der Waals surface area contributed by atoms with Crippen molar-refractivity contribution in [2.45, 2.75) is 59.3 Å². The highest BCUT2D eigenvalue weighted by Gasteiger charge is 2.44. The minimum atomic E-state index is 0.378. The molecule has 0 N–H and O–H groups in total. The molecule has 2 fully saturated rings. The van der Waals surface area contributed by atoms with Crippen LogP contribution in [0.4, 0.5) is 0 Å². The van der Waals surface area contributed by atoms with Crippen molar-refractivity contribution in [2.24, 2.45) is 23.2 Å². The maximum Gasteiger partial charge on any atom is 0.132 e.